The summed E-state index contributed by atoms with van der Waals surface area (Å²) in [4.78, 5) is 15.8. The van der Waals surface area contributed by atoms with Crippen molar-refractivity contribution < 1.29 is 9.53 Å². The highest BCUT2D eigenvalue weighted by atomic mass is 35.5. The van der Waals surface area contributed by atoms with Crippen molar-refractivity contribution in [3.05, 3.63) is 69.9 Å². The average Bonchev–Trinajstić information content (AvgIpc) is 3.11. The average molecular weight is 298 g/mol. The van der Waals surface area contributed by atoms with E-state index in [1.54, 1.807) is 12.3 Å². The fourth-order valence-electron chi connectivity index (χ4n) is 2.76. The van der Waals surface area contributed by atoms with Gasteiger partial charge in [-0.2, -0.15) is 0 Å². The van der Waals surface area contributed by atoms with Crippen LogP contribution in [0.4, 0.5) is 0 Å². The van der Waals surface area contributed by atoms with E-state index in [1.165, 1.54) is 0 Å². The molecule has 0 fully saturated rings. The van der Waals surface area contributed by atoms with E-state index in [2.05, 4.69) is 4.98 Å². The number of fused-ring (bicyclic) bond motifs is 2. The Morgan fingerprint density at radius 1 is 1.10 bits per heavy atom. The van der Waals surface area contributed by atoms with Crippen molar-refractivity contribution in [2.45, 2.75) is 13.2 Å². The van der Waals surface area contributed by atoms with Gasteiger partial charge in [-0.25, -0.2) is 0 Å². The molecule has 21 heavy (non-hydrogen) atoms. The topological polar surface area (TPSA) is 42.1 Å². The quantitative estimate of drug-likeness (QED) is 0.724. The molecule has 1 N–H and O–H groups in total. The highest BCUT2D eigenvalue weighted by molar-refractivity contribution is 6.31. The third kappa shape index (κ3) is 2.06. The Kier molecular flexibility index (Phi) is 2.84. The first kappa shape index (κ1) is 12.6. The molecular formula is C17H12ClNO2. The summed E-state index contributed by atoms with van der Waals surface area (Å²) in [5.41, 5.74) is 4.49. The zero-order valence-corrected chi connectivity index (χ0v) is 11.9. The third-order valence-corrected chi connectivity index (χ3v) is 4.11. The van der Waals surface area contributed by atoms with Crippen LogP contribution in [0.15, 0.2) is 42.6 Å². The number of carbonyl (C=O) groups excluding carboxylic acids is 1. The first-order valence-corrected chi connectivity index (χ1v) is 7.11. The number of carbonyl (C=O) groups is 1. The van der Waals surface area contributed by atoms with E-state index in [0.717, 1.165) is 22.0 Å². The van der Waals surface area contributed by atoms with Crippen LogP contribution in [0.25, 0.3) is 10.9 Å². The summed E-state index contributed by atoms with van der Waals surface area (Å²) >= 11 is 5.97. The zero-order valence-electron chi connectivity index (χ0n) is 11.2. The molecule has 1 aromatic heterocycles. The van der Waals surface area contributed by atoms with Crippen molar-refractivity contribution in [2.75, 3.05) is 0 Å². The summed E-state index contributed by atoms with van der Waals surface area (Å²) < 4.78 is 5.39. The minimum atomic E-state index is 0.0123. The fraction of sp³-hybridized carbons (Fsp3) is 0.118. The van der Waals surface area contributed by atoms with Gasteiger partial charge in [-0.05, 0) is 29.3 Å². The Morgan fingerprint density at radius 2 is 1.95 bits per heavy atom. The molecule has 104 valence electrons. The van der Waals surface area contributed by atoms with Gasteiger partial charge in [0.05, 0.1) is 13.2 Å². The van der Waals surface area contributed by atoms with E-state index in [-0.39, 0.29) is 5.78 Å². The van der Waals surface area contributed by atoms with Crippen LogP contribution in [0.3, 0.4) is 0 Å². The molecule has 0 saturated carbocycles. The molecule has 3 nitrogen and oxygen atoms in total. The molecule has 2 aromatic carbocycles. The number of aromatic nitrogens is 1. The number of benzene rings is 2. The number of ketones is 1. The summed E-state index contributed by atoms with van der Waals surface area (Å²) in [6.07, 6.45) is 1.74. The van der Waals surface area contributed by atoms with Crippen LogP contribution in [-0.2, 0) is 18.0 Å². The maximum Gasteiger partial charge on any atom is 0.195 e. The van der Waals surface area contributed by atoms with Crippen LogP contribution in [0.2, 0.25) is 5.02 Å². The van der Waals surface area contributed by atoms with Gasteiger partial charge in [0.2, 0.25) is 0 Å². The van der Waals surface area contributed by atoms with Crippen molar-refractivity contribution >= 4 is 28.3 Å². The second kappa shape index (κ2) is 4.72. The minimum Gasteiger partial charge on any atom is -0.372 e. The summed E-state index contributed by atoms with van der Waals surface area (Å²) in [5.74, 6) is 0.0123. The second-order valence-corrected chi connectivity index (χ2v) is 5.63. The molecule has 0 bridgehead atoms. The van der Waals surface area contributed by atoms with Gasteiger partial charge in [0.25, 0.3) is 0 Å². The van der Waals surface area contributed by atoms with E-state index in [4.69, 9.17) is 16.3 Å². The summed E-state index contributed by atoms with van der Waals surface area (Å²) in [6.45, 7) is 1.22. The van der Waals surface area contributed by atoms with E-state index in [9.17, 15) is 4.79 Å². The molecule has 1 aliphatic rings. The minimum absolute atomic E-state index is 0.0123. The van der Waals surface area contributed by atoms with Crippen LogP contribution in [0.1, 0.15) is 27.0 Å². The lowest BCUT2D eigenvalue weighted by Gasteiger charge is -2.03. The number of H-pyrrole nitrogens is 1. The molecule has 3 aromatic rings. The standard InChI is InChI=1S/C17H12ClNO2/c18-13-3-4-14-15(7-19-16(14)6-13)17(20)10-1-2-11-8-21-9-12(11)5-10/h1-7,19H,8-9H2. The fourth-order valence-corrected chi connectivity index (χ4v) is 2.93. The number of hydrogen-bond acceptors (Lipinski definition) is 2. The molecule has 0 spiro atoms. The lowest BCUT2D eigenvalue weighted by Crippen LogP contribution is -2.01. The number of rotatable bonds is 2. The van der Waals surface area contributed by atoms with E-state index in [0.29, 0.717) is 29.4 Å². The molecule has 0 amide bonds. The summed E-state index contributed by atoms with van der Waals surface area (Å²) in [7, 11) is 0. The smallest absolute Gasteiger partial charge is 0.195 e. The van der Waals surface area contributed by atoms with Gasteiger partial charge in [0, 0.05) is 33.2 Å². The van der Waals surface area contributed by atoms with Gasteiger partial charge < -0.3 is 9.72 Å². The van der Waals surface area contributed by atoms with Crippen molar-refractivity contribution in [1.29, 1.82) is 0 Å². The van der Waals surface area contributed by atoms with Gasteiger partial charge in [-0.15, -0.1) is 0 Å². The summed E-state index contributed by atoms with van der Waals surface area (Å²) in [6, 6.07) is 11.3. The highest BCUT2D eigenvalue weighted by Crippen LogP contribution is 2.26. The Bertz CT molecular complexity index is 866. The second-order valence-electron chi connectivity index (χ2n) is 5.20. The molecule has 2 heterocycles. The van der Waals surface area contributed by atoms with Gasteiger partial charge >= 0.3 is 0 Å². The molecule has 1 aliphatic heterocycles. The summed E-state index contributed by atoms with van der Waals surface area (Å²) in [5, 5.41) is 1.54. The van der Waals surface area contributed by atoms with Crippen LogP contribution in [0.5, 0.6) is 0 Å². The molecule has 0 atom stereocenters. The SMILES string of the molecule is O=C(c1ccc2c(c1)COC2)c1c[nH]c2cc(Cl)ccc12. The first-order chi connectivity index (χ1) is 10.2. The van der Waals surface area contributed by atoms with Crippen molar-refractivity contribution in [1.82, 2.24) is 4.98 Å². The van der Waals surface area contributed by atoms with E-state index in [1.807, 2.05) is 30.3 Å². The van der Waals surface area contributed by atoms with Crippen LogP contribution in [0, 0.1) is 0 Å². The van der Waals surface area contributed by atoms with Crippen molar-refractivity contribution in [3.8, 4) is 0 Å². The molecular weight excluding hydrogens is 286 g/mol. The van der Waals surface area contributed by atoms with E-state index >= 15 is 0 Å². The van der Waals surface area contributed by atoms with Gasteiger partial charge in [0.1, 0.15) is 0 Å². The molecule has 0 saturated heterocycles. The Labute approximate surface area is 126 Å². The Morgan fingerprint density at radius 3 is 2.86 bits per heavy atom. The first-order valence-electron chi connectivity index (χ1n) is 6.73. The van der Waals surface area contributed by atoms with Crippen LogP contribution in [-0.4, -0.2) is 10.8 Å². The number of halogens is 1. The predicted octanol–water partition coefficient (Wildman–Crippen LogP) is 4.08. The molecule has 4 heteroatoms. The number of aromatic amines is 1. The van der Waals surface area contributed by atoms with Crippen molar-refractivity contribution in [3.63, 3.8) is 0 Å². The van der Waals surface area contributed by atoms with Crippen LogP contribution < -0.4 is 0 Å². The van der Waals surface area contributed by atoms with Crippen LogP contribution >= 0.6 is 11.6 Å². The highest BCUT2D eigenvalue weighted by Gasteiger charge is 2.18. The molecule has 0 aliphatic carbocycles. The van der Waals surface area contributed by atoms with Gasteiger partial charge in [-0.3, -0.25) is 4.79 Å². The maximum absolute atomic E-state index is 12.7. The largest absolute Gasteiger partial charge is 0.372 e. The number of hydrogen-bond donors (Lipinski definition) is 1. The maximum atomic E-state index is 12.7. The molecule has 0 unspecified atom stereocenters. The molecule has 0 radical (unpaired) electrons. The Balaban J connectivity index is 1.79. The normalized spacial score (nSPS) is 13.6. The number of ether oxygens (including phenoxy) is 1. The lowest BCUT2D eigenvalue weighted by molar-refractivity contribution is 0.104. The third-order valence-electron chi connectivity index (χ3n) is 3.87. The van der Waals surface area contributed by atoms with Gasteiger partial charge in [-0.1, -0.05) is 29.8 Å². The number of nitrogens with one attached hydrogen (secondary N) is 1. The van der Waals surface area contributed by atoms with Crippen molar-refractivity contribution in [2.24, 2.45) is 0 Å². The van der Waals surface area contributed by atoms with E-state index < -0.39 is 0 Å². The lowest BCUT2D eigenvalue weighted by atomic mass is 9.99. The van der Waals surface area contributed by atoms with Gasteiger partial charge in [0.15, 0.2) is 5.78 Å². The molecule has 4 rings (SSSR count). The monoisotopic (exact) mass is 297 g/mol. The zero-order chi connectivity index (χ0) is 14.4. The predicted molar refractivity (Wildman–Crippen MR) is 81.7 cm³/mol. The Hall–Kier alpha value is -2.10.